The van der Waals surface area contributed by atoms with Crippen molar-refractivity contribution in [3.63, 3.8) is 0 Å². The van der Waals surface area contributed by atoms with Crippen LogP contribution in [0.15, 0.2) is 41.6 Å². The van der Waals surface area contributed by atoms with Gasteiger partial charge in [0.15, 0.2) is 0 Å². The zero-order valence-electron chi connectivity index (χ0n) is 14.3. The van der Waals surface area contributed by atoms with E-state index in [9.17, 15) is 8.42 Å². The zero-order chi connectivity index (χ0) is 18.7. The Balaban J connectivity index is 1.96. The van der Waals surface area contributed by atoms with E-state index in [1.54, 1.807) is 25.4 Å². The van der Waals surface area contributed by atoms with Crippen LogP contribution in [0.2, 0.25) is 10.0 Å². The number of ether oxygens (including phenoxy) is 1. The third kappa shape index (κ3) is 4.38. The summed E-state index contributed by atoms with van der Waals surface area (Å²) < 4.78 is 34.4. The number of aromatic nitrogens is 1. The SMILES string of the molecule is Cc1cc(S(=O)(=O)NC(c2cccnc2)C2CCOCC2)c(Cl)cc1Cl. The van der Waals surface area contributed by atoms with Gasteiger partial charge in [-0.2, -0.15) is 0 Å². The molecule has 1 saturated heterocycles. The molecule has 140 valence electrons. The van der Waals surface area contributed by atoms with Crippen LogP contribution in [0.3, 0.4) is 0 Å². The molecule has 0 saturated carbocycles. The number of nitrogens with zero attached hydrogens (tertiary/aromatic N) is 1. The lowest BCUT2D eigenvalue weighted by molar-refractivity contribution is 0.0564. The quantitative estimate of drug-likeness (QED) is 0.797. The van der Waals surface area contributed by atoms with Crippen molar-refractivity contribution in [1.82, 2.24) is 9.71 Å². The molecule has 1 atom stereocenters. The monoisotopic (exact) mass is 414 g/mol. The summed E-state index contributed by atoms with van der Waals surface area (Å²) in [6, 6.07) is 6.24. The largest absolute Gasteiger partial charge is 0.381 e. The van der Waals surface area contributed by atoms with E-state index in [0.29, 0.717) is 23.8 Å². The third-order valence-electron chi connectivity index (χ3n) is 4.57. The van der Waals surface area contributed by atoms with E-state index in [-0.39, 0.29) is 15.8 Å². The molecule has 2 heterocycles. The summed E-state index contributed by atoms with van der Waals surface area (Å²) in [6.45, 7) is 2.97. The molecule has 0 radical (unpaired) electrons. The van der Waals surface area contributed by atoms with Crippen LogP contribution in [0.25, 0.3) is 0 Å². The van der Waals surface area contributed by atoms with Crippen molar-refractivity contribution in [1.29, 1.82) is 0 Å². The first-order valence-corrected chi connectivity index (χ1v) is 10.6. The van der Waals surface area contributed by atoms with Crippen molar-refractivity contribution in [2.75, 3.05) is 13.2 Å². The summed E-state index contributed by atoms with van der Waals surface area (Å²) in [7, 11) is -3.84. The molecular weight excluding hydrogens is 395 g/mol. The molecule has 5 nitrogen and oxygen atoms in total. The molecule has 1 unspecified atom stereocenters. The number of hydrogen-bond acceptors (Lipinski definition) is 4. The molecule has 0 aliphatic carbocycles. The minimum Gasteiger partial charge on any atom is -0.381 e. The van der Waals surface area contributed by atoms with Crippen LogP contribution in [0.5, 0.6) is 0 Å². The Hall–Kier alpha value is -1.18. The Morgan fingerprint density at radius 1 is 1.23 bits per heavy atom. The Kier molecular flexibility index (Phi) is 6.20. The summed E-state index contributed by atoms with van der Waals surface area (Å²) in [5.41, 5.74) is 1.48. The van der Waals surface area contributed by atoms with Crippen LogP contribution in [-0.2, 0) is 14.8 Å². The molecule has 1 aromatic carbocycles. The summed E-state index contributed by atoms with van der Waals surface area (Å²) >= 11 is 12.2. The number of sulfonamides is 1. The van der Waals surface area contributed by atoms with Crippen molar-refractivity contribution < 1.29 is 13.2 Å². The smallest absolute Gasteiger partial charge is 0.242 e. The average Bonchev–Trinajstić information content (AvgIpc) is 2.64. The number of halogens is 2. The van der Waals surface area contributed by atoms with Gasteiger partial charge in [-0.15, -0.1) is 0 Å². The van der Waals surface area contributed by atoms with Gasteiger partial charge in [-0.05, 0) is 55.0 Å². The van der Waals surface area contributed by atoms with E-state index in [1.165, 1.54) is 12.1 Å². The molecule has 1 aromatic heterocycles. The second kappa shape index (κ2) is 8.23. The fraction of sp³-hybridized carbons (Fsp3) is 0.389. The molecule has 3 rings (SSSR count). The average molecular weight is 415 g/mol. The Labute approximate surface area is 163 Å². The Bertz CT molecular complexity index is 870. The first-order valence-electron chi connectivity index (χ1n) is 8.34. The molecule has 1 aliphatic rings. The van der Waals surface area contributed by atoms with Crippen LogP contribution in [-0.4, -0.2) is 26.6 Å². The number of nitrogens with one attached hydrogen (secondary N) is 1. The van der Waals surface area contributed by atoms with Gasteiger partial charge in [-0.3, -0.25) is 4.98 Å². The molecule has 1 N–H and O–H groups in total. The Morgan fingerprint density at radius 3 is 2.62 bits per heavy atom. The highest BCUT2D eigenvalue weighted by molar-refractivity contribution is 7.89. The molecule has 2 aromatic rings. The molecule has 26 heavy (non-hydrogen) atoms. The molecule has 8 heteroatoms. The molecule has 0 spiro atoms. The lowest BCUT2D eigenvalue weighted by atomic mass is 9.88. The van der Waals surface area contributed by atoms with Crippen molar-refractivity contribution in [2.24, 2.45) is 5.92 Å². The van der Waals surface area contributed by atoms with Crippen molar-refractivity contribution >= 4 is 33.2 Å². The van der Waals surface area contributed by atoms with E-state index in [1.807, 2.05) is 6.07 Å². The van der Waals surface area contributed by atoms with Crippen LogP contribution in [0.4, 0.5) is 0 Å². The highest BCUT2D eigenvalue weighted by Crippen LogP contribution is 2.33. The van der Waals surface area contributed by atoms with Crippen LogP contribution in [0.1, 0.15) is 30.0 Å². The highest BCUT2D eigenvalue weighted by atomic mass is 35.5. The molecule has 0 bridgehead atoms. The molecular formula is C18H20Cl2N2O3S. The van der Waals surface area contributed by atoms with Gasteiger partial charge in [0.05, 0.1) is 11.1 Å². The van der Waals surface area contributed by atoms with Crippen molar-refractivity contribution in [3.8, 4) is 0 Å². The van der Waals surface area contributed by atoms with E-state index >= 15 is 0 Å². The Morgan fingerprint density at radius 2 is 1.96 bits per heavy atom. The van der Waals surface area contributed by atoms with Gasteiger partial charge in [0.25, 0.3) is 0 Å². The summed E-state index contributed by atoms with van der Waals surface area (Å²) in [6.07, 6.45) is 4.90. The van der Waals surface area contributed by atoms with E-state index in [2.05, 4.69) is 9.71 Å². The van der Waals surface area contributed by atoms with Gasteiger partial charge >= 0.3 is 0 Å². The zero-order valence-corrected chi connectivity index (χ0v) is 16.6. The van der Waals surface area contributed by atoms with Gasteiger partial charge in [-0.1, -0.05) is 29.3 Å². The predicted octanol–water partition coefficient (Wildman–Crippen LogP) is 4.14. The van der Waals surface area contributed by atoms with E-state index in [0.717, 1.165) is 18.4 Å². The standard InChI is InChI=1S/C18H20Cl2N2O3S/c1-12-9-17(16(20)10-15(12)19)26(23,24)22-18(13-4-7-25-8-5-13)14-3-2-6-21-11-14/h2-3,6,9-11,13,18,22H,4-5,7-8H2,1H3. The third-order valence-corrected chi connectivity index (χ3v) is 6.88. The van der Waals surface area contributed by atoms with Gasteiger partial charge in [0.1, 0.15) is 4.90 Å². The van der Waals surface area contributed by atoms with Gasteiger partial charge in [0.2, 0.25) is 10.0 Å². The summed E-state index contributed by atoms with van der Waals surface area (Å²) in [5.74, 6) is 0.120. The van der Waals surface area contributed by atoms with Crippen LogP contribution < -0.4 is 4.72 Å². The van der Waals surface area contributed by atoms with Gasteiger partial charge in [-0.25, -0.2) is 13.1 Å². The van der Waals surface area contributed by atoms with E-state index < -0.39 is 16.1 Å². The molecule has 0 amide bonds. The number of pyridine rings is 1. The minimum absolute atomic E-state index is 0.0296. The normalized spacial score (nSPS) is 17.2. The summed E-state index contributed by atoms with van der Waals surface area (Å²) in [4.78, 5) is 4.17. The predicted molar refractivity (Wildman–Crippen MR) is 102 cm³/mol. The second-order valence-corrected chi connectivity index (χ2v) is 8.86. The lowest BCUT2D eigenvalue weighted by Crippen LogP contribution is -2.36. The minimum atomic E-state index is -3.84. The maximum atomic E-state index is 13.1. The van der Waals surface area contributed by atoms with Crippen LogP contribution in [0, 0.1) is 12.8 Å². The molecule has 1 fully saturated rings. The highest BCUT2D eigenvalue weighted by Gasteiger charge is 2.31. The first-order chi connectivity index (χ1) is 12.4. The maximum Gasteiger partial charge on any atom is 0.242 e. The van der Waals surface area contributed by atoms with E-state index in [4.69, 9.17) is 27.9 Å². The maximum absolute atomic E-state index is 13.1. The topological polar surface area (TPSA) is 68.3 Å². The number of benzene rings is 1. The number of aryl methyl sites for hydroxylation is 1. The fourth-order valence-corrected chi connectivity index (χ4v) is 5.24. The lowest BCUT2D eigenvalue weighted by Gasteiger charge is -2.31. The molecule has 1 aliphatic heterocycles. The fourth-order valence-electron chi connectivity index (χ4n) is 3.11. The van der Waals surface area contributed by atoms with Crippen molar-refractivity contribution in [3.05, 3.63) is 57.8 Å². The van der Waals surface area contributed by atoms with Gasteiger partial charge in [0, 0.05) is 30.6 Å². The van der Waals surface area contributed by atoms with Crippen molar-refractivity contribution in [2.45, 2.75) is 30.7 Å². The number of rotatable bonds is 5. The number of hydrogen-bond donors (Lipinski definition) is 1. The van der Waals surface area contributed by atoms with Gasteiger partial charge < -0.3 is 4.74 Å². The summed E-state index contributed by atoms with van der Waals surface area (Å²) in [5, 5.41) is 0.534. The second-order valence-electron chi connectivity index (χ2n) is 6.37. The van der Waals surface area contributed by atoms with Crippen LogP contribution >= 0.6 is 23.2 Å². The first kappa shape index (κ1) is 19.6.